The summed E-state index contributed by atoms with van der Waals surface area (Å²) in [6.07, 6.45) is 0. The molecule has 5 heteroatoms. The first-order valence-corrected chi connectivity index (χ1v) is 26.0. The summed E-state index contributed by atoms with van der Waals surface area (Å²) in [5, 5.41) is 9.41. The molecule has 15 rings (SSSR count). The molecule has 5 heterocycles. The van der Waals surface area contributed by atoms with Crippen LogP contribution in [0.3, 0.4) is 0 Å². The van der Waals surface area contributed by atoms with Gasteiger partial charge >= 0.3 is 411 Å². The molecule has 71 heavy (non-hydrogen) atoms. The second kappa shape index (κ2) is 15.8. The third-order valence-corrected chi connectivity index (χ3v) is 16.6. The van der Waals surface area contributed by atoms with Crippen molar-refractivity contribution in [2.75, 3.05) is 0 Å². The predicted octanol–water partition coefficient (Wildman–Crippen LogP) is 17.4. The number of rotatable bonds is 6. The van der Waals surface area contributed by atoms with Crippen molar-refractivity contribution >= 4 is 102 Å². The van der Waals surface area contributed by atoms with Crippen LogP contribution < -0.4 is 0 Å². The summed E-state index contributed by atoms with van der Waals surface area (Å²) in [4.78, 5) is 20.3. The van der Waals surface area contributed by atoms with E-state index in [1.54, 1.807) is 0 Å². The summed E-state index contributed by atoms with van der Waals surface area (Å²) in [7, 11) is 0. The van der Waals surface area contributed by atoms with Crippen LogP contribution in [0.4, 0.5) is 0 Å². The van der Waals surface area contributed by atoms with E-state index >= 15 is 0 Å². The van der Waals surface area contributed by atoms with Crippen molar-refractivity contribution in [3.63, 3.8) is 0 Å². The molecule has 0 radical (unpaired) electrons. The van der Waals surface area contributed by atoms with Crippen LogP contribution in [0.5, 0.6) is 0 Å². The molecule has 0 bridgehead atoms. The first kappa shape index (κ1) is 40.1. The first-order chi connectivity index (χ1) is 35.2. The molecule has 4 nitrogen and oxygen atoms in total. The zero-order valence-electron chi connectivity index (χ0n) is 38.2. The molecule has 10 aromatic carbocycles. The van der Waals surface area contributed by atoms with E-state index in [1.807, 2.05) is 0 Å². The average Bonchev–Trinajstić information content (AvgIpc) is 4.18. The molecular weight excluding hydrogens is 928 g/mol. The second-order valence-corrected chi connectivity index (χ2v) is 20.4. The number of nitrogens with one attached hydrogen (secondary N) is 2. The average molecular weight is 968 g/mol. The molecule has 0 fully saturated rings. The molecule has 5 aromatic heterocycles. The molecule has 15 aromatic rings. The van der Waals surface area contributed by atoms with Gasteiger partial charge in [0.2, 0.25) is 0 Å². The van der Waals surface area contributed by atoms with E-state index in [-0.39, 0.29) is 14.5 Å². The predicted molar refractivity (Wildman–Crippen MR) is 300 cm³/mol. The number of pyridine rings is 2. The Balaban J connectivity index is 0.986. The van der Waals surface area contributed by atoms with Crippen LogP contribution >= 0.6 is 0 Å². The van der Waals surface area contributed by atoms with Gasteiger partial charge in [0, 0.05) is 0 Å². The van der Waals surface area contributed by atoms with Gasteiger partial charge in [-0.2, -0.15) is 0 Å². The number of H-pyrrole nitrogens is 2. The normalized spacial score (nSPS) is 11.9. The van der Waals surface area contributed by atoms with Crippen LogP contribution in [0, 0.1) is 0 Å². The monoisotopic (exact) mass is 968 g/mol. The number of aromatic amines is 2. The van der Waals surface area contributed by atoms with Crippen molar-refractivity contribution in [2.24, 2.45) is 0 Å². The third-order valence-electron chi connectivity index (χ3n) is 14.6. The van der Waals surface area contributed by atoms with Crippen molar-refractivity contribution in [1.29, 1.82) is 0 Å². The fourth-order valence-corrected chi connectivity index (χ4v) is 13.5. The van der Waals surface area contributed by atoms with Gasteiger partial charge in [0.05, 0.1) is 0 Å². The third kappa shape index (κ3) is 6.24. The Morgan fingerprint density at radius 1 is 0.282 bits per heavy atom. The quantitative estimate of drug-likeness (QED) is 0.129. The van der Waals surface area contributed by atoms with Gasteiger partial charge < -0.3 is 0 Å². The number of hydrogen-bond donors (Lipinski definition) is 2. The van der Waals surface area contributed by atoms with E-state index in [0.29, 0.717) is 0 Å². The Morgan fingerprint density at radius 3 is 1.24 bits per heavy atom. The molecule has 0 unspecified atom stereocenters. The SMILES string of the molecule is c1ccc(-c2ccc3[nH]c4ccc5nc6ccccc6c5c4cc3c2-c2ccccc2-c2cc[se]c2-c2ccccc2-c2c(-c3ccccc3)ccc3[nH]c4ccc5nc6ccccc6c5c4cc23)cc1. The maximum absolute atomic E-state index is 5.07. The zero-order valence-corrected chi connectivity index (χ0v) is 40.0. The van der Waals surface area contributed by atoms with Gasteiger partial charge in [0.1, 0.15) is 0 Å². The van der Waals surface area contributed by atoms with Crippen molar-refractivity contribution in [2.45, 2.75) is 0 Å². The van der Waals surface area contributed by atoms with Crippen molar-refractivity contribution in [3.05, 3.63) is 229 Å². The molecule has 0 amide bonds. The fourth-order valence-electron chi connectivity index (χ4n) is 11.5. The van der Waals surface area contributed by atoms with Crippen LogP contribution in [-0.4, -0.2) is 34.4 Å². The van der Waals surface area contributed by atoms with Crippen molar-refractivity contribution < 1.29 is 0 Å². The second-order valence-electron chi connectivity index (χ2n) is 18.5. The van der Waals surface area contributed by atoms with Gasteiger partial charge in [-0.25, -0.2) is 0 Å². The summed E-state index contributed by atoms with van der Waals surface area (Å²) in [5.41, 5.74) is 21.8. The van der Waals surface area contributed by atoms with Gasteiger partial charge in [-0.3, -0.25) is 0 Å². The van der Waals surface area contributed by atoms with Gasteiger partial charge in [0.15, 0.2) is 0 Å². The number of para-hydroxylation sites is 2. The van der Waals surface area contributed by atoms with Gasteiger partial charge in [-0.05, 0) is 0 Å². The molecule has 0 saturated heterocycles. The Morgan fingerprint density at radius 2 is 0.704 bits per heavy atom. The molecule has 0 aliphatic heterocycles. The Hall–Kier alpha value is -8.86. The van der Waals surface area contributed by atoms with Crippen LogP contribution in [0.2, 0.25) is 0 Å². The Kier molecular flexibility index (Phi) is 8.94. The molecule has 0 aliphatic rings. The van der Waals surface area contributed by atoms with Crippen LogP contribution in [0.25, 0.3) is 153 Å². The zero-order chi connectivity index (χ0) is 46.6. The minimum absolute atomic E-state index is 0.0589. The molecule has 330 valence electrons. The van der Waals surface area contributed by atoms with Crippen LogP contribution in [-0.2, 0) is 0 Å². The van der Waals surface area contributed by atoms with Gasteiger partial charge in [0.25, 0.3) is 0 Å². The molecule has 0 aliphatic carbocycles. The number of hydrogen-bond acceptors (Lipinski definition) is 2. The Bertz CT molecular complexity index is 4340. The van der Waals surface area contributed by atoms with E-state index in [1.165, 1.54) is 109 Å². The maximum atomic E-state index is 5.07. The number of benzene rings is 10. The van der Waals surface area contributed by atoms with E-state index in [2.05, 4.69) is 239 Å². The summed E-state index contributed by atoms with van der Waals surface area (Å²) in [6.45, 7) is 0. The molecule has 0 saturated carbocycles. The standard InChI is InChI=1S/C66H40N4Se/c1-3-15-39(16-4-1)41-27-29-56-50(37-52-58(67-56)31-33-60-64(52)48-23-11-13-25-54(48)69-60)62(41)44-20-8-7-19-43(44)47-35-36-71-66(47)46-22-10-9-21-45(46)63-42(40-17-5-2-6-18-40)28-30-57-51(63)38-53-59(68-57)32-34-61-65(53)49-24-12-14-26-55(49)70-61/h1-38,67-68H. The Labute approximate surface area is 414 Å². The van der Waals surface area contributed by atoms with Gasteiger partial charge in [-0.1, -0.05) is 6.07 Å². The topological polar surface area (TPSA) is 57.4 Å². The number of fused-ring (bicyclic) bond motifs is 12. The van der Waals surface area contributed by atoms with Crippen molar-refractivity contribution in [1.82, 2.24) is 19.9 Å². The summed E-state index contributed by atoms with van der Waals surface area (Å²) in [5.74, 6) is 0. The summed E-state index contributed by atoms with van der Waals surface area (Å²) >= 11 is 0.0589. The van der Waals surface area contributed by atoms with E-state index in [0.717, 1.165) is 44.1 Å². The first-order valence-electron chi connectivity index (χ1n) is 24.1. The molecule has 0 spiro atoms. The van der Waals surface area contributed by atoms with Gasteiger partial charge in [-0.15, -0.1) is 0 Å². The summed E-state index contributed by atoms with van der Waals surface area (Å²) < 4.78 is 1.37. The minimum atomic E-state index is 0.0589. The fraction of sp³-hybridized carbons (Fsp3) is 0. The molecule has 2 N–H and O–H groups in total. The van der Waals surface area contributed by atoms with Crippen LogP contribution in [0.1, 0.15) is 0 Å². The number of aromatic nitrogens is 4. The summed E-state index contributed by atoms with van der Waals surface area (Å²) in [6, 6.07) is 82.0. The van der Waals surface area contributed by atoms with Crippen LogP contribution in [0.15, 0.2) is 229 Å². The molecule has 0 atom stereocenters. The van der Waals surface area contributed by atoms with E-state index in [9.17, 15) is 0 Å². The number of nitrogens with zero attached hydrogens (tertiary/aromatic N) is 2. The van der Waals surface area contributed by atoms with E-state index in [4.69, 9.17) is 9.97 Å². The molecular formula is C66H40N4Se. The van der Waals surface area contributed by atoms with Crippen molar-refractivity contribution in [3.8, 4) is 65.6 Å². The van der Waals surface area contributed by atoms with E-state index < -0.39 is 0 Å².